The summed E-state index contributed by atoms with van der Waals surface area (Å²) in [7, 11) is 0. The van der Waals surface area contributed by atoms with Crippen LogP contribution in [0.15, 0.2) is 0 Å². The van der Waals surface area contributed by atoms with Gasteiger partial charge in [-0.15, -0.1) is 0 Å². The average molecular weight is 162 g/mol. The number of hydrazine groups is 1. The Hall–Kier alpha value is -0.570. The summed E-state index contributed by atoms with van der Waals surface area (Å²) >= 11 is 0. The van der Waals surface area contributed by atoms with Crippen LogP contribution in [0.4, 0.5) is 0 Å². The molecular formula is C9H10N2O. The van der Waals surface area contributed by atoms with E-state index < -0.39 is 0 Å². The lowest BCUT2D eigenvalue weighted by molar-refractivity contribution is -0.596. The van der Waals surface area contributed by atoms with Gasteiger partial charge in [-0.25, -0.2) is 5.84 Å². The Morgan fingerprint density at radius 1 is 1.08 bits per heavy atom. The van der Waals surface area contributed by atoms with Crippen LogP contribution in [0.5, 0.6) is 0 Å². The molecule has 6 saturated carbocycles. The van der Waals surface area contributed by atoms with E-state index in [4.69, 9.17) is 5.84 Å². The van der Waals surface area contributed by atoms with Gasteiger partial charge in [0.05, 0.1) is 5.41 Å². The lowest BCUT2D eigenvalue weighted by Gasteiger charge is -3.06. The molecule has 0 unspecified atom stereocenters. The van der Waals surface area contributed by atoms with Crippen LogP contribution in [0.25, 0.3) is 0 Å². The minimum atomic E-state index is 0.101. The van der Waals surface area contributed by atoms with Gasteiger partial charge in [0.25, 0.3) is 0 Å². The Balaban J connectivity index is 1.67. The van der Waals surface area contributed by atoms with E-state index in [1.807, 2.05) is 0 Å². The third-order valence-corrected chi connectivity index (χ3v) is 6.00. The van der Waals surface area contributed by atoms with Gasteiger partial charge in [-0.3, -0.25) is 10.2 Å². The number of nitrogens with one attached hydrogen (secondary N) is 1. The molecular weight excluding hydrogens is 152 g/mol. The van der Waals surface area contributed by atoms with Crippen LogP contribution in [0.2, 0.25) is 0 Å². The molecule has 0 aromatic carbocycles. The largest absolute Gasteiger partial charge is 0.294 e. The maximum Gasteiger partial charge on any atom is 0.240 e. The van der Waals surface area contributed by atoms with Gasteiger partial charge >= 0.3 is 0 Å². The van der Waals surface area contributed by atoms with Crippen LogP contribution >= 0.6 is 0 Å². The molecule has 6 aliphatic carbocycles. The predicted octanol–water partition coefficient (Wildman–Crippen LogP) is -0.656. The molecule has 12 heavy (non-hydrogen) atoms. The van der Waals surface area contributed by atoms with E-state index in [0.717, 1.165) is 41.4 Å². The van der Waals surface area contributed by atoms with Crippen molar-refractivity contribution in [3.05, 3.63) is 0 Å². The van der Waals surface area contributed by atoms with E-state index in [9.17, 15) is 4.79 Å². The van der Waals surface area contributed by atoms with Gasteiger partial charge in [0.15, 0.2) is 0 Å². The van der Waals surface area contributed by atoms with Crippen LogP contribution in [0.3, 0.4) is 0 Å². The zero-order valence-electron chi connectivity index (χ0n) is 6.53. The molecule has 3 heteroatoms. The molecule has 0 atom stereocenters. The molecule has 1 amide bonds. The molecule has 62 valence electrons. The summed E-state index contributed by atoms with van der Waals surface area (Å²) in [6.07, 6.45) is 0. The summed E-state index contributed by atoms with van der Waals surface area (Å²) in [6, 6.07) is 0. The second-order valence-corrected chi connectivity index (χ2v) is 5.29. The van der Waals surface area contributed by atoms with Gasteiger partial charge in [-0.1, -0.05) is 0 Å². The highest BCUT2D eigenvalue weighted by Crippen LogP contribution is 3.05. The smallest absolute Gasteiger partial charge is 0.240 e. The lowest BCUT2D eigenvalue weighted by Crippen LogP contribution is -3.07. The van der Waals surface area contributed by atoms with Crippen molar-refractivity contribution in [2.24, 2.45) is 52.7 Å². The molecule has 0 spiro atoms. The van der Waals surface area contributed by atoms with Crippen molar-refractivity contribution in [1.82, 2.24) is 5.43 Å². The standard InChI is InChI=1S/C9H10N2O/c10-11-8(12)9-5-2-1-3(5)7(9)4(1)6(2)9/h1-7H,10H2,(H,11,12). The third kappa shape index (κ3) is 0.178. The highest BCUT2D eigenvalue weighted by Gasteiger charge is 3.06. The normalized spacial score (nSPS) is 81.6. The van der Waals surface area contributed by atoms with E-state index in [1.165, 1.54) is 0 Å². The van der Waals surface area contributed by atoms with Gasteiger partial charge in [0.1, 0.15) is 0 Å². The maximum absolute atomic E-state index is 11.6. The van der Waals surface area contributed by atoms with Crippen molar-refractivity contribution in [2.45, 2.75) is 0 Å². The first kappa shape index (κ1) is 5.22. The van der Waals surface area contributed by atoms with Crippen LogP contribution in [-0.2, 0) is 4.79 Å². The Bertz CT molecular complexity index is 300. The quantitative estimate of drug-likeness (QED) is 0.305. The topological polar surface area (TPSA) is 55.1 Å². The molecule has 3 N–H and O–H groups in total. The Labute approximate surface area is 69.7 Å². The highest BCUT2D eigenvalue weighted by atomic mass is 16.2. The van der Waals surface area contributed by atoms with E-state index in [2.05, 4.69) is 5.43 Å². The number of hydrogen-bond donors (Lipinski definition) is 2. The Morgan fingerprint density at radius 2 is 1.58 bits per heavy atom. The van der Waals surface area contributed by atoms with Crippen LogP contribution in [-0.4, -0.2) is 5.91 Å². The second kappa shape index (κ2) is 1.00. The van der Waals surface area contributed by atoms with Gasteiger partial charge in [-0.05, 0) is 41.4 Å². The van der Waals surface area contributed by atoms with Gasteiger partial charge in [0, 0.05) is 0 Å². The molecule has 6 rings (SSSR count). The van der Waals surface area contributed by atoms with Crippen molar-refractivity contribution in [2.75, 3.05) is 0 Å². The predicted molar refractivity (Wildman–Crippen MR) is 39.2 cm³/mol. The summed E-state index contributed by atoms with van der Waals surface area (Å²) in [5.41, 5.74) is 2.46. The van der Waals surface area contributed by atoms with E-state index >= 15 is 0 Å². The van der Waals surface area contributed by atoms with E-state index in [-0.39, 0.29) is 11.3 Å². The first-order chi connectivity index (χ1) is 5.85. The van der Waals surface area contributed by atoms with Crippen molar-refractivity contribution in [3.63, 3.8) is 0 Å². The Morgan fingerprint density at radius 3 is 2.00 bits per heavy atom. The van der Waals surface area contributed by atoms with Gasteiger partial charge in [-0.2, -0.15) is 0 Å². The second-order valence-electron chi connectivity index (χ2n) is 5.29. The molecule has 0 heterocycles. The first-order valence-electron chi connectivity index (χ1n) is 4.86. The van der Waals surface area contributed by atoms with E-state index in [1.54, 1.807) is 0 Å². The summed E-state index contributed by atoms with van der Waals surface area (Å²) in [5, 5.41) is 0. The number of carbonyl (C=O) groups is 1. The van der Waals surface area contributed by atoms with Gasteiger partial charge in [0.2, 0.25) is 5.91 Å². The molecule has 0 aromatic heterocycles. The van der Waals surface area contributed by atoms with Crippen molar-refractivity contribution >= 4 is 5.91 Å². The molecule has 0 aliphatic heterocycles. The number of rotatable bonds is 1. The van der Waals surface area contributed by atoms with Crippen molar-refractivity contribution in [3.8, 4) is 0 Å². The average Bonchev–Trinajstić information content (AvgIpc) is 2.17. The molecule has 3 nitrogen and oxygen atoms in total. The SMILES string of the molecule is NNC(=O)C12C3C4C5C3C1C5C42. The molecule has 0 radical (unpaired) electrons. The summed E-state index contributed by atoms with van der Waals surface area (Å²) in [5.74, 6) is 11.7. The summed E-state index contributed by atoms with van der Waals surface area (Å²) in [6.45, 7) is 0. The van der Waals surface area contributed by atoms with Crippen molar-refractivity contribution < 1.29 is 4.79 Å². The van der Waals surface area contributed by atoms with Crippen LogP contribution in [0, 0.1) is 46.8 Å². The number of amides is 1. The minimum absolute atomic E-state index is 0.101. The molecule has 0 aromatic rings. The monoisotopic (exact) mass is 162 g/mol. The van der Waals surface area contributed by atoms with E-state index in [0.29, 0.717) is 0 Å². The first-order valence-corrected chi connectivity index (χ1v) is 4.86. The number of nitrogens with two attached hydrogens (primary N) is 1. The number of hydrogen-bond acceptors (Lipinski definition) is 2. The fourth-order valence-electron chi connectivity index (χ4n) is 6.01. The molecule has 0 saturated heterocycles. The van der Waals surface area contributed by atoms with Crippen molar-refractivity contribution in [1.29, 1.82) is 0 Å². The third-order valence-electron chi connectivity index (χ3n) is 6.00. The zero-order valence-corrected chi connectivity index (χ0v) is 6.53. The molecule has 0 bridgehead atoms. The summed E-state index contributed by atoms with van der Waals surface area (Å²) in [4.78, 5) is 11.6. The molecule has 6 fully saturated rings. The maximum atomic E-state index is 11.6. The minimum Gasteiger partial charge on any atom is -0.294 e. The van der Waals surface area contributed by atoms with Gasteiger partial charge < -0.3 is 0 Å². The number of carbonyl (C=O) groups excluding carboxylic acids is 1. The van der Waals surface area contributed by atoms with Crippen LogP contribution < -0.4 is 11.3 Å². The summed E-state index contributed by atoms with van der Waals surface area (Å²) < 4.78 is 0. The Kier molecular flexibility index (Phi) is 0.436. The van der Waals surface area contributed by atoms with Crippen LogP contribution in [0.1, 0.15) is 0 Å². The lowest BCUT2D eigenvalue weighted by atomic mass is 8.96. The highest BCUT2D eigenvalue weighted by molar-refractivity contribution is 5.91. The molecule has 6 aliphatic rings. The zero-order chi connectivity index (χ0) is 7.83. The fourth-order valence-corrected chi connectivity index (χ4v) is 6.01. The fraction of sp³-hybridized carbons (Fsp3) is 0.889.